The molecule has 134 valence electrons. The average Bonchev–Trinajstić information content (AvgIpc) is 3.16. The van der Waals surface area contributed by atoms with Crippen LogP contribution in [0.25, 0.3) is 0 Å². The summed E-state index contributed by atoms with van der Waals surface area (Å²) in [5, 5.41) is 11.2. The van der Waals surface area contributed by atoms with Gasteiger partial charge in [-0.2, -0.15) is 10.2 Å². The van der Waals surface area contributed by atoms with E-state index in [1.54, 1.807) is 36.4 Å². The minimum Gasteiger partial charge on any atom is -0.370 e. The van der Waals surface area contributed by atoms with E-state index in [9.17, 15) is 9.59 Å². The molecular weight excluding hydrogens is 320 g/mol. The van der Waals surface area contributed by atoms with Gasteiger partial charge in [0.1, 0.15) is 6.04 Å². The zero-order chi connectivity index (χ0) is 17.8. The Morgan fingerprint density at radius 1 is 1.36 bits per heavy atom. The highest BCUT2D eigenvalue weighted by Crippen LogP contribution is 2.21. The van der Waals surface area contributed by atoms with Gasteiger partial charge in [-0.3, -0.25) is 14.3 Å². The van der Waals surface area contributed by atoms with Gasteiger partial charge in [-0.05, 0) is 31.7 Å². The lowest BCUT2D eigenvalue weighted by atomic mass is 9.96. The van der Waals surface area contributed by atoms with Crippen LogP contribution in [0.15, 0.2) is 35.5 Å². The van der Waals surface area contributed by atoms with Gasteiger partial charge in [-0.1, -0.05) is 0 Å². The van der Waals surface area contributed by atoms with E-state index in [1.165, 1.54) is 4.68 Å². The largest absolute Gasteiger partial charge is 0.370 e. The molecule has 2 aromatic rings. The molecule has 25 heavy (non-hydrogen) atoms. The summed E-state index contributed by atoms with van der Waals surface area (Å²) < 4.78 is 2.98. The number of carbonyl (C=O) groups is 1. The van der Waals surface area contributed by atoms with Gasteiger partial charge in [0.05, 0.1) is 11.9 Å². The van der Waals surface area contributed by atoms with Crippen LogP contribution in [0.4, 0.5) is 5.69 Å². The molecule has 0 spiro atoms. The monoisotopic (exact) mass is 344 g/mol. The molecule has 3 heterocycles. The zero-order valence-corrected chi connectivity index (χ0v) is 14.6. The maximum absolute atomic E-state index is 12.2. The highest BCUT2D eigenvalue weighted by Gasteiger charge is 2.22. The van der Waals surface area contributed by atoms with Crippen LogP contribution in [0.2, 0.25) is 0 Å². The number of piperidine rings is 1. The van der Waals surface area contributed by atoms with Gasteiger partial charge in [0, 0.05) is 45.1 Å². The molecule has 0 aliphatic carbocycles. The third-order valence-corrected chi connectivity index (χ3v) is 4.80. The molecule has 0 aromatic carbocycles. The van der Waals surface area contributed by atoms with Crippen LogP contribution in [0, 0.1) is 5.92 Å². The number of nitrogens with zero attached hydrogens (tertiary/aromatic N) is 5. The first kappa shape index (κ1) is 17.2. The number of anilines is 1. The van der Waals surface area contributed by atoms with E-state index in [1.807, 2.05) is 13.0 Å². The Kier molecular flexibility index (Phi) is 5.16. The van der Waals surface area contributed by atoms with E-state index in [2.05, 4.69) is 20.4 Å². The standard InChI is InChI=1S/C17H24N6O2/c1-13(23-7-3-6-19-23)17(25)18-11-14-4-8-22(9-5-14)15-10-16(24)21(2)20-12-15/h3,6-7,10,12-14H,4-5,8-9,11H2,1-2H3,(H,18,25). The van der Waals surface area contributed by atoms with Crippen molar-refractivity contribution in [2.24, 2.45) is 13.0 Å². The number of amides is 1. The molecule has 1 amide bonds. The fraction of sp³-hybridized carbons (Fsp3) is 0.529. The van der Waals surface area contributed by atoms with Crippen LogP contribution in [-0.2, 0) is 11.8 Å². The number of aromatic nitrogens is 4. The number of rotatable bonds is 5. The summed E-state index contributed by atoms with van der Waals surface area (Å²) in [6, 6.07) is 3.13. The number of hydrogen-bond acceptors (Lipinski definition) is 5. The smallest absolute Gasteiger partial charge is 0.268 e. The van der Waals surface area contributed by atoms with E-state index in [4.69, 9.17) is 0 Å². The Balaban J connectivity index is 1.47. The molecule has 1 N–H and O–H groups in total. The number of nitrogens with one attached hydrogen (secondary N) is 1. The minimum absolute atomic E-state index is 0.0121. The van der Waals surface area contributed by atoms with Gasteiger partial charge >= 0.3 is 0 Å². The second kappa shape index (κ2) is 7.50. The van der Waals surface area contributed by atoms with Crippen LogP contribution in [0.1, 0.15) is 25.8 Å². The van der Waals surface area contributed by atoms with E-state index < -0.39 is 0 Å². The Bertz CT molecular complexity index is 762. The van der Waals surface area contributed by atoms with Gasteiger partial charge < -0.3 is 10.2 Å². The lowest BCUT2D eigenvalue weighted by Crippen LogP contribution is -2.40. The molecule has 1 aliphatic rings. The molecule has 8 nitrogen and oxygen atoms in total. The van der Waals surface area contributed by atoms with Gasteiger partial charge in [-0.25, -0.2) is 4.68 Å². The Morgan fingerprint density at radius 2 is 2.12 bits per heavy atom. The Labute approximate surface area is 146 Å². The van der Waals surface area contributed by atoms with E-state index in [0.29, 0.717) is 12.5 Å². The fourth-order valence-electron chi connectivity index (χ4n) is 3.05. The molecule has 1 unspecified atom stereocenters. The highest BCUT2D eigenvalue weighted by molar-refractivity contribution is 5.79. The quantitative estimate of drug-likeness (QED) is 0.857. The van der Waals surface area contributed by atoms with Crippen molar-refractivity contribution in [3.8, 4) is 0 Å². The van der Waals surface area contributed by atoms with Crippen molar-refractivity contribution < 1.29 is 4.79 Å². The molecule has 1 aliphatic heterocycles. The zero-order valence-electron chi connectivity index (χ0n) is 14.6. The summed E-state index contributed by atoms with van der Waals surface area (Å²) in [6.07, 6.45) is 7.15. The Hall–Kier alpha value is -2.64. The normalized spacial score (nSPS) is 16.6. The second-order valence-electron chi connectivity index (χ2n) is 6.51. The second-order valence-corrected chi connectivity index (χ2v) is 6.51. The van der Waals surface area contributed by atoms with Crippen molar-refractivity contribution in [2.45, 2.75) is 25.8 Å². The molecule has 8 heteroatoms. The first-order valence-electron chi connectivity index (χ1n) is 8.59. The number of aryl methyl sites for hydroxylation is 1. The maximum Gasteiger partial charge on any atom is 0.268 e. The third kappa shape index (κ3) is 4.07. The van der Waals surface area contributed by atoms with Crippen LogP contribution in [0.5, 0.6) is 0 Å². The predicted molar refractivity (Wildman–Crippen MR) is 94.4 cm³/mol. The van der Waals surface area contributed by atoms with E-state index in [-0.39, 0.29) is 17.5 Å². The number of carbonyl (C=O) groups excluding carboxylic acids is 1. The summed E-state index contributed by atoms with van der Waals surface area (Å²) in [4.78, 5) is 26.1. The minimum atomic E-state index is -0.304. The van der Waals surface area contributed by atoms with Gasteiger partial charge in [0.15, 0.2) is 0 Å². The fourth-order valence-corrected chi connectivity index (χ4v) is 3.05. The van der Waals surface area contributed by atoms with Crippen LogP contribution >= 0.6 is 0 Å². The molecule has 0 saturated carbocycles. The molecule has 1 atom stereocenters. The van der Waals surface area contributed by atoms with Gasteiger partial charge in [0.2, 0.25) is 5.91 Å². The molecule has 1 fully saturated rings. The highest BCUT2D eigenvalue weighted by atomic mass is 16.2. The summed E-state index contributed by atoms with van der Waals surface area (Å²) in [6.45, 7) is 4.25. The molecule has 0 radical (unpaired) electrons. The molecular formula is C17H24N6O2. The third-order valence-electron chi connectivity index (χ3n) is 4.80. The van der Waals surface area contributed by atoms with Gasteiger partial charge in [0.25, 0.3) is 5.56 Å². The van der Waals surface area contributed by atoms with Crippen molar-refractivity contribution in [3.05, 3.63) is 41.1 Å². The van der Waals surface area contributed by atoms with Crippen LogP contribution < -0.4 is 15.8 Å². The van der Waals surface area contributed by atoms with Gasteiger partial charge in [-0.15, -0.1) is 0 Å². The topological polar surface area (TPSA) is 85.0 Å². The van der Waals surface area contributed by atoms with Crippen LogP contribution in [0.3, 0.4) is 0 Å². The lowest BCUT2D eigenvalue weighted by Gasteiger charge is -2.33. The summed E-state index contributed by atoms with van der Waals surface area (Å²) in [5.74, 6) is 0.436. The summed E-state index contributed by atoms with van der Waals surface area (Å²) in [5.41, 5.74) is 0.775. The number of hydrogen-bond donors (Lipinski definition) is 1. The summed E-state index contributed by atoms with van der Waals surface area (Å²) in [7, 11) is 1.64. The average molecular weight is 344 g/mol. The lowest BCUT2D eigenvalue weighted by molar-refractivity contribution is -0.124. The van der Waals surface area contributed by atoms with E-state index in [0.717, 1.165) is 31.6 Å². The molecule has 2 aromatic heterocycles. The van der Waals surface area contributed by atoms with Crippen molar-refractivity contribution in [2.75, 3.05) is 24.5 Å². The van der Waals surface area contributed by atoms with Crippen molar-refractivity contribution in [1.29, 1.82) is 0 Å². The molecule has 3 rings (SSSR count). The molecule has 1 saturated heterocycles. The maximum atomic E-state index is 12.2. The predicted octanol–water partition coefficient (Wildman–Crippen LogP) is 0.571. The van der Waals surface area contributed by atoms with E-state index >= 15 is 0 Å². The SMILES string of the molecule is CC(C(=O)NCC1CCN(c2cnn(C)c(=O)c2)CC1)n1cccn1. The molecule has 0 bridgehead atoms. The first-order chi connectivity index (χ1) is 12.0. The van der Waals surface area contributed by atoms with Crippen molar-refractivity contribution >= 4 is 11.6 Å². The van der Waals surface area contributed by atoms with Crippen molar-refractivity contribution in [1.82, 2.24) is 24.9 Å². The van der Waals surface area contributed by atoms with Crippen molar-refractivity contribution in [3.63, 3.8) is 0 Å². The first-order valence-corrected chi connectivity index (χ1v) is 8.59. The summed E-state index contributed by atoms with van der Waals surface area (Å²) >= 11 is 0. The van der Waals surface area contributed by atoms with Crippen LogP contribution in [-0.4, -0.2) is 45.1 Å². The Morgan fingerprint density at radius 3 is 2.76 bits per heavy atom.